The minimum atomic E-state index is 0.146. The van der Waals surface area contributed by atoms with E-state index < -0.39 is 0 Å². The summed E-state index contributed by atoms with van der Waals surface area (Å²) in [6, 6.07) is 1.90. The maximum absolute atomic E-state index is 8.68. The summed E-state index contributed by atoms with van der Waals surface area (Å²) in [5, 5.41) is 8.68. The zero-order valence-electron chi connectivity index (χ0n) is 6.49. The quantitative estimate of drug-likeness (QED) is 0.677. The Morgan fingerprint density at radius 2 is 2.17 bits per heavy atom. The van der Waals surface area contributed by atoms with Crippen molar-refractivity contribution >= 4 is 11.2 Å². The molecule has 0 spiro atoms. The maximum atomic E-state index is 8.68. The highest BCUT2D eigenvalue weighted by molar-refractivity contribution is 5.70. The van der Waals surface area contributed by atoms with E-state index in [1.54, 1.807) is 12.4 Å². The number of aromatic nitrogens is 3. The molecule has 0 radical (unpaired) electrons. The molecule has 0 amide bonds. The monoisotopic (exact) mass is 163 g/mol. The van der Waals surface area contributed by atoms with E-state index in [4.69, 9.17) is 5.11 Å². The van der Waals surface area contributed by atoms with E-state index in [-0.39, 0.29) is 6.61 Å². The fourth-order valence-corrected chi connectivity index (χ4v) is 1.16. The lowest BCUT2D eigenvalue weighted by molar-refractivity contribution is 0.298. The third-order valence-electron chi connectivity index (χ3n) is 1.70. The summed E-state index contributed by atoms with van der Waals surface area (Å²) in [6.45, 7) is 0.146. The van der Waals surface area contributed by atoms with Crippen molar-refractivity contribution in [3.63, 3.8) is 0 Å². The molecule has 62 valence electrons. The number of nitrogens with one attached hydrogen (secondary N) is 1. The Balaban J connectivity index is 2.47. The molecule has 0 aliphatic heterocycles. The minimum Gasteiger partial charge on any atom is -0.396 e. The zero-order chi connectivity index (χ0) is 8.39. The largest absolute Gasteiger partial charge is 0.396 e. The predicted octanol–water partition coefficient (Wildman–Crippen LogP) is 0.493. The third kappa shape index (κ3) is 1.16. The van der Waals surface area contributed by atoms with Crippen LogP contribution in [0.25, 0.3) is 11.2 Å². The van der Waals surface area contributed by atoms with Gasteiger partial charge in [0.15, 0.2) is 5.65 Å². The molecule has 0 aliphatic carbocycles. The van der Waals surface area contributed by atoms with Crippen LogP contribution in [0.3, 0.4) is 0 Å². The van der Waals surface area contributed by atoms with Crippen LogP contribution in [0.4, 0.5) is 0 Å². The molecule has 2 N–H and O–H groups in total. The first kappa shape index (κ1) is 7.24. The molecule has 4 nitrogen and oxygen atoms in total. The second-order valence-corrected chi connectivity index (χ2v) is 2.56. The Labute approximate surface area is 69.3 Å². The zero-order valence-corrected chi connectivity index (χ0v) is 6.49. The molecule has 2 aromatic heterocycles. The predicted molar refractivity (Wildman–Crippen MR) is 44.7 cm³/mol. The van der Waals surface area contributed by atoms with Gasteiger partial charge in [-0.1, -0.05) is 0 Å². The van der Waals surface area contributed by atoms with Gasteiger partial charge in [-0.05, 0) is 6.07 Å². The summed E-state index contributed by atoms with van der Waals surface area (Å²) >= 11 is 0. The van der Waals surface area contributed by atoms with E-state index in [1.807, 2.05) is 6.07 Å². The van der Waals surface area contributed by atoms with Crippen molar-refractivity contribution in [2.75, 3.05) is 6.61 Å². The van der Waals surface area contributed by atoms with Crippen LogP contribution in [0.5, 0.6) is 0 Å². The van der Waals surface area contributed by atoms with Crippen molar-refractivity contribution in [1.82, 2.24) is 15.0 Å². The van der Waals surface area contributed by atoms with Gasteiger partial charge < -0.3 is 10.1 Å². The molecule has 0 bridgehead atoms. The average Bonchev–Trinajstić information content (AvgIpc) is 2.47. The maximum Gasteiger partial charge on any atom is 0.156 e. The van der Waals surface area contributed by atoms with Crippen LogP contribution in [0.2, 0.25) is 0 Å². The molecule has 0 unspecified atom stereocenters. The number of rotatable bonds is 2. The average molecular weight is 163 g/mol. The Bertz CT molecular complexity index is 349. The lowest BCUT2D eigenvalue weighted by Gasteiger charge is -1.87. The molecule has 0 aliphatic rings. The van der Waals surface area contributed by atoms with Gasteiger partial charge in [-0.2, -0.15) is 0 Å². The Morgan fingerprint density at radius 1 is 1.33 bits per heavy atom. The molecule has 2 rings (SSSR count). The number of aliphatic hydroxyl groups excluding tert-OH is 1. The fourth-order valence-electron chi connectivity index (χ4n) is 1.16. The molecule has 4 heteroatoms. The number of nitrogens with zero attached hydrogens (tertiary/aromatic N) is 2. The molecule has 2 aromatic rings. The van der Waals surface area contributed by atoms with E-state index in [0.717, 1.165) is 16.9 Å². The smallest absolute Gasteiger partial charge is 0.156 e. The van der Waals surface area contributed by atoms with Crippen LogP contribution >= 0.6 is 0 Å². The van der Waals surface area contributed by atoms with Crippen LogP contribution in [0.15, 0.2) is 18.5 Å². The topological polar surface area (TPSA) is 61.8 Å². The Hall–Kier alpha value is -1.42. The van der Waals surface area contributed by atoms with Gasteiger partial charge >= 0.3 is 0 Å². The molecule has 0 atom stereocenters. The SMILES string of the molecule is OCCc1cc2nccnc2[nH]1. The number of fused-ring (bicyclic) bond motifs is 1. The van der Waals surface area contributed by atoms with Crippen molar-refractivity contribution < 1.29 is 5.11 Å². The molecule has 0 aromatic carbocycles. The summed E-state index contributed by atoms with van der Waals surface area (Å²) in [5.74, 6) is 0. The summed E-state index contributed by atoms with van der Waals surface area (Å²) < 4.78 is 0. The van der Waals surface area contributed by atoms with Crippen LogP contribution in [0.1, 0.15) is 5.69 Å². The van der Waals surface area contributed by atoms with Gasteiger partial charge in [-0.15, -0.1) is 0 Å². The van der Waals surface area contributed by atoms with E-state index in [2.05, 4.69) is 15.0 Å². The standard InChI is InChI=1S/C8H9N3O/c12-4-1-6-5-7-8(11-6)10-3-2-9-7/h2-3,5,12H,1,4H2,(H,10,11). The van der Waals surface area contributed by atoms with Crippen molar-refractivity contribution in [2.45, 2.75) is 6.42 Å². The van der Waals surface area contributed by atoms with Gasteiger partial charge in [0.2, 0.25) is 0 Å². The fraction of sp³-hybridized carbons (Fsp3) is 0.250. The van der Waals surface area contributed by atoms with Crippen LogP contribution < -0.4 is 0 Å². The van der Waals surface area contributed by atoms with Gasteiger partial charge in [0, 0.05) is 31.1 Å². The summed E-state index contributed by atoms with van der Waals surface area (Å²) in [6.07, 6.45) is 3.92. The number of aliphatic hydroxyl groups is 1. The highest BCUT2D eigenvalue weighted by Crippen LogP contribution is 2.09. The number of aromatic amines is 1. The molecule has 2 heterocycles. The van der Waals surface area contributed by atoms with Crippen LogP contribution in [0, 0.1) is 0 Å². The first-order chi connectivity index (χ1) is 5.90. The summed E-state index contributed by atoms with van der Waals surface area (Å²) in [5.41, 5.74) is 2.60. The van der Waals surface area contributed by atoms with Gasteiger partial charge in [0.05, 0.1) is 0 Å². The Morgan fingerprint density at radius 3 is 2.92 bits per heavy atom. The summed E-state index contributed by atoms with van der Waals surface area (Å²) in [7, 11) is 0. The highest BCUT2D eigenvalue weighted by atomic mass is 16.3. The minimum absolute atomic E-state index is 0.146. The number of hydrogen-bond donors (Lipinski definition) is 2. The normalized spacial score (nSPS) is 10.8. The first-order valence-electron chi connectivity index (χ1n) is 3.79. The van der Waals surface area contributed by atoms with Crippen LogP contribution in [-0.4, -0.2) is 26.7 Å². The van der Waals surface area contributed by atoms with Gasteiger partial charge in [0.1, 0.15) is 5.52 Å². The van der Waals surface area contributed by atoms with Crippen molar-refractivity contribution in [3.8, 4) is 0 Å². The number of H-pyrrole nitrogens is 1. The van der Waals surface area contributed by atoms with E-state index in [9.17, 15) is 0 Å². The van der Waals surface area contributed by atoms with E-state index >= 15 is 0 Å². The van der Waals surface area contributed by atoms with E-state index in [1.165, 1.54) is 0 Å². The second kappa shape index (κ2) is 2.91. The third-order valence-corrected chi connectivity index (χ3v) is 1.70. The van der Waals surface area contributed by atoms with Crippen molar-refractivity contribution in [2.24, 2.45) is 0 Å². The summed E-state index contributed by atoms with van der Waals surface area (Å²) in [4.78, 5) is 11.3. The lowest BCUT2D eigenvalue weighted by Crippen LogP contribution is -1.89. The van der Waals surface area contributed by atoms with Crippen molar-refractivity contribution in [3.05, 3.63) is 24.2 Å². The van der Waals surface area contributed by atoms with Gasteiger partial charge in [0.25, 0.3) is 0 Å². The van der Waals surface area contributed by atoms with E-state index in [0.29, 0.717) is 6.42 Å². The second-order valence-electron chi connectivity index (χ2n) is 2.56. The number of hydrogen-bond acceptors (Lipinski definition) is 3. The molecular weight excluding hydrogens is 154 g/mol. The first-order valence-corrected chi connectivity index (χ1v) is 3.79. The molecule has 0 saturated heterocycles. The van der Waals surface area contributed by atoms with Crippen molar-refractivity contribution in [1.29, 1.82) is 0 Å². The van der Waals surface area contributed by atoms with Crippen LogP contribution in [-0.2, 0) is 6.42 Å². The van der Waals surface area contributed by atoms with Gasteiger partial charge in [-0.25, -0.2) is 4.98 Å². The van der Waals surface area contributed by atoms with Gasteiger partial charge in [-0.3, -0.25) is 4.98 Å². The lowest BCUT2D eigenvalue weighted by atomic mass is 10.3. The molecular formula is C8H9N3O. The molecule has 0 saturated carbocycles. The molecule has 12 heavy (non-hydrogen) atoms. The molecule has 0 fully saturated rings. The highest BCUT2D eigenvalue weighted by Gasteiger charge is 2.00. The Kier molecular flexibility index (Phi) is 1.75.